The number of aryl methyl sites for hydroxylation is 2. The summed E-state index contributed by atoms with van der Waals surface area (Å²) >= 11 is 0. The average molecular weight is 349 g/mol. The molecule has 0 radical (unpaired) electrons. The van der Waals surface area contributed by atoms with Gasteiger partial charge in [0.2, 0.25) is 0 Å². The monoisotopic (exact) mass is 348 g/mol. The molecule has 0 heterocycles. The Morgan fingerprint density at radius 2 is 1.42 bits per heavy atom. The van der Waals surface area contributed by atoms with E-state index in [4.69, 9.17) is 0 Å². The van der Waals surface area contributed by atoms with E-state index in [9.17, 15) is 0 Å². The molecule has 0 N–H and O–H groups in total. The molecule has 0 saturated heterocycles. The second kappa shape index (κ2) is 15.0. The summed E-state index contributed by atoms with van der Waals surface area (Å²) in [6.07, 6.45) is 8.42. The lowest BCUT2D eigenvalue weighted by atomic mass is 9.98. The van der Waals surface area contributed by atoms with Gasteiger partial charge >= 0.3 is 0 Å². The van der Waals surface area contributed by atoms with E-state index in [2.05, 4.69) is 82.0 Å². The topological polar surface area (TPSA) is 0 Å². The van der Waals surface area contributed by atoms with Gasteiger partial charge in [-0.15, -0.1) is 0 Å². The highest BCUT2D eigenvalue weighted by Crippen LogP contribution is 2.17. The molecule has 0 aliphatic rings. The van der Waals surface area contributed by atoms with Crippen LogP contribution in [0.1, 0.15) is 50.8 Å². The fraction of sp³-hybridized carbons (Fsp3) is 0.308. The molecule has 26 heavy (non-hydrogen) atoms. The van der Waals surface area contributed by atoms with E-state index in [1.807, 2.05) is 39.0 Å². The first kappa shape index (κ1) is 23.7. The zero-order valence-corrected chi connectivity index (χ0v) is 17.5. The molecule has 0 aromatic heterocycles. The molecule has 0 fully saturated rings. The smallest absolute Gasteiger partial charge is 0.00258 e. The molecular weight excluding hydrogens is 312 g/mol. The summed E-state index contributed by atoms with van der Waals surface area (Å²) in [6, 6.07) is 18.9. The number of benzene rings is 2. The van der Waals surface area contributed by atoms with Gasteiger partial charge in [0.1, 0.15) is 0 Å². The van der Waals surface area contributed by atoms with E-state index in [1.54, 1.807) is 0 Å². The maximum Gasteiger partial charge on any atom is -0.00258 e. The molecule has 0 bridgehead atoms. The standard InChI is InChI=1S/C17H22.C7H8.C2H6/c1-5-7-17(8-6-2)15(4)13-16-11-9-14(3)10-12-16;1-7-5-3-2-4-6-7;1-2/h5,7-12H,4,6,13H2,1-3H3;2-6H,1H3;1-2H3/b7-5-,17-8+;;. The molecular formula is C26H36. The van der Waals surface area contributed by atoms with Crippen molar-refractivity contribution in [3.8, 4) is 0 Å². The summed E-state index contributed by atoms with van der Waals surface area (Å²) in [6.45, 7) is 16.6. The predicted molar refractivity (Wildman–Crippen MR) is 120 cm³/mol. The highest BCUT2D eigenvalue weighted by Gasteiger charge is 2.00. The number of allylic oxidation sites excluding steroid dienone is 5. The van der Waals surface area contributed by atoms with Gasteiger partial charge in [-0.1, -0.05) is 111 Å². The van der Waals surface area contributed by atoms with Gasteiger partial charge < -0.3 is 0 Å². The van der Waals surface area contributed by atoms with Gasteiger partial charge in [-0.05, 0) is 50.3 Å². The van der Waals surface area contributed by atoms with E-state index in [1.165, 1.54) is 27.8 Å². The Hall–Kier alpha value is -2.34. The van der Waals surface area contributed by atoms with Crippen molar-refractivity contribution in [2.45, 2.75) is 54.4 Å². The van der Waals surface area contributed by atoms with Crippen LogP contribution in [0.5, 0.6) is 0 Å². The van der Waals surface area contributed by atoms with Crippen molar-refractivity contribution in [3.05, 3.63) is 107 Å². The summed E-state index contributed by atoms with van der Waals surface area (Å²) in [7, 11) is 0. The van der Waals surface area contributed by atoms with Crippen LogP contribution in [-0.4, -0.2) is 0 Å². The Kier molecular flexibility index (Phi) is 13.6. The van der Waals surface area contributed by atoms with Crippen molar-refractivity contribution >= 4 is 0 Å². The van der Waals surface area contributed by atoms with Gasteiger partial charge in [-0.25, -0.2) is 0 Å². The largest absolute Gasteiger partial charge is 0.0949 e. The van der Waals surface area contributed by atoms with Crippen molar-refractivity contribution < 1.29 is 0 Å². The van der Waals surface area contributed by atoms with Crippen LogP contribution in [0, 0.1) is 13.8 Å². The van der Waals surface area contributed by atoms with Crippen LogP contribution in [0.2, 0.25) is 0 Å². The molecule has 0 nitrogen and oxygen atoms in total. The summed E-state index contributed by atoms with van der Waals surface area (Å²) in [4.78, 5) is 0. The normalized spacial score (nSPS) is 10.5. The first-order valence-electron chi connectivity index (χ1n) is 9.65. The minimum absolute atomic E-state index is 0.927. The van der Waals surface area contributed by atoms with Crippen LogP contribution in [0.3, 0.4) is 0 Å². The first-order chi connectivity index (χ1) is 12.6. The number of hydrogen-bond donors (Lipinski definition) is 0. The molecule has 140 valence electrons. The summed E-state index contributed by atoms with van der Waals surface area (Å²) in [5, 5.41) is 0. The Bertz CT molecular complexity index is 655. The number of rotatable bonds is 5. The molecule has 2 aromatic rings. The third-order valence-electron chi connectivity index (χ3n) is 3.66. The first-order valence-corrected chi connectivity index (χ1v) is 9.65. The van der Waals surface area contributed by atoms with Gasteiger partial charge in [0.25, 0.3) is 0 Å². The molecule has 0 unspecified atom stereocenters. The van der Waals surface area contributed by atoms with Crippen LogP contribution in [0.25, 0.3) is 0 Å². The van der Waals surface area contributed by atoms with Crippen LogP contribution >= 0.6 is 0 Å². The van der Waals surface area contributed by atoms with E-state index in [0.29, 0.717) is 0 Å². The molecule has 0 heteroatoms. The van der Waals surface area contributed by atoms with Crippen molar-refractivity contribution in [1.82, 2.24) is 0 Å². The molecule has 0 aliphatic carbocycles. The highest BCUT2D eigenvalue weighted by atomic mass is 14.1. The van der Waals surface area contributed by atoms with Gasteiger partial charge in [-0.3, -0.25) is 0 Å². The Balaban J connectivity index is 0.000000575. The van der Waals surface area contributed by atoms with Gasteiger partial charge in [0.15, 0.2) is 0 Å². The highest BCUT2D eigenvalue weighted by molar-refractivity contribution is 5.41. The molecule has 2 aromatic carbocycles. The predicted octanol–water partition coefficient (Wildman–Crippen LogP) is 8.03. The quantitative estimate of drug-likeness (QED) is 0.480. The molecule has 0 atom stereocenters. The minimum Gasteiger partial charge on any atom is -0.0949 e. The molecule has 0 amide bonds. The van der Waals surface area contributed by atoms with Crippen molar-refractivity contribution in [2.75, 3.05) is 0 Å². The fourth-order valence-corrected chi connectivity index (χ4v) is 2.32. The van der Waals surface area contributed by atoms with E-state index >= 15 is 0 Å². The summed E-state index contributed by atoms with van der Waals surface area (Å²) in [5.74, 6) is 0. The molecule has 0 aliphatic heterocycles. The Morgan fingerprint density at radius 3 is 1.85 bits per heavy atom. The zero-order valence-electron chi connectivity index (χ0n) is 17.5. The van der Waals surface area contributed by atoms with Crippen molar-refractivity contribution in [2.24, 2.45) is 0 Å². The minimum atomic E-state index is 0.927. The lowest BCUT2D eigenvalue weighted by molar-refractivity contribution is 1.14. The molecule has 2 rings (SSSR count). The second-order valence-electron chi connectivity index (χ2n) is 5.99. The maximum absolute atomic E-state index is 4.19. The SMILES string of the molecule is C=C(Cc1ccc(C)cc1)C(/C=C\C)=C/CC.CC.Cc1ccccc1. The molecule has 0 spiro atoms. The number of hydrogen-bond acceptors (Lipinski definition) is 0. The van der Waals surface area contributed by atoms with Crippen LogP contribution in [-0.2, 0) is 6.42 Å². The third-order valence-corrected chi connectivity index (χ3v) is 3.66. The third kappa shape index (κ3) is 10.5. The van der Waals surface area contributed by atoms with Gasteiger partial charge in [0.05, 0.1) is 0 Å². The van der Waals surface area contributed by atoms with E-state index < -0.39 is 0 Å². The van der Waals surface area contributed by atoms with Gasteiger partial charge in [0, 0.05) is 0 Å². The lowest BCUT2D eigenvalue weighted by Crippen LogP contribution is -1.92. The Labute approximate surface area is 162 Å². The van der Waals surface area contributed by atoms with E-state index in [0.717, 1.165) is 12.8 Å². The van der Waals surface area contributed by atoms with E-state index in [-0.39, 0.29) is 0 Å². The average Bonchev–Trinajstić information content (AvgIpc) is 2.66. The van der Waals surface area contributed by atoms with Crippen molar-refractivity contribution in [3.63, 3.8) is 0 Å². The second-order valence-corrected chi connectivity index (χ2v) is 5.99. The molecule has 0 saturated carbocycles. The maximum atomic E-state index is 4.19. The van der Waals surface area contributed by atoms with Crippen LogP contribution in [0.4, 0.5) is 0 Å². The van der Waals surface area contributed by atoms with Crippen LogP contribution in [0.15, 0.2) is 90.6 Å². The zero-order chi connectivity index (χ0) is 19.8. The fourth-order valence-electron chi connectivity index (χ4n) is 2.32. The Morgan fingerprint density at radius 1 is 0.885 bits per heavy atom. The summed E-state index contributed by atoms with van der Waals surface area (Å²) in [5.41, 5.74) is 6.40. The van der Waals surface area contributed by atoms with Crippen LogP contribution < -0.4 is 0 Å². The summed E-state index contributed by atoms with van der Waals surface area (Å²) < 4.78 is 0. The lowest BCUT2D eigenvalue weighted by Gasteiger charge is -2.07. The van der Waals surface area contributed by atoms with Crippen molar-refractivity contribution in [1.29, 1.82) is 0 Å². The van der Waals surface area contributed by atoms with Gasteiger partial charge in [-0.2, -0.15) is 0 Å².